The van der Waals surface area contributed by atoms with Crippen LogP contribution in [0.2, 0.25) is 0 Å². The Bertz CT molecular complexity index is 3300. The van der Waals surface area contributed by atoms with Gasteiger partial charge >= 0.3 is 0 Å². The summed E-state index contributed by atoms with van der Waals surface area (Å²) in [6.07, 6.45) is 0. The molecule has 1 spiro atoms. The molecule has 4 heteroatoms. The molecular formula is C55H33NO2S. The highest BCUT2D eigenvalue weighted by atomic mass is 32.1. The lowest BCUT2D eigenvalue weighted by Crippen LogP contribution is -2.25. The van der Waals surface area contributed by atoms with Gasteiger partial charge in [-0.05, 0) is 122 Å². The molecule has 3 aliphatic rings. The Morgan fingerprint density at radius 1 is 0.339 bits per heavy atom. The van der Waals surface area contributed by atoms with Crippen molar-refractivity contribution in [2.45, 2.75) is 5.41 Å². The predicted octanol–water partition coefficient (Wildman–Crippen LogP) is 15.4. The van der Waals surface area contributed by atoms with Gasteiger partial charge in [-0.25, -0.2) is 0 Å². The average Bonchev–Trinajstić information content (AvgIpc) is 3.92. The number of thiophene rings is 1. The second kappa shape index (κ2) is 12.3. The molecule has 3 nitrogen and oxygen atoms in total. The first-order valence-electron chi connectivity index (χ1n) is 20.1. The van der Waals surface area contributed by atoms with Crippen LogP contribution in [0.25, 0.3) is 53.6 Å². The fourth-order valence-electron chi connectivity index (χ4n) is 10.0. The molecule has 9 aromatic carbocycles. The van der Waals surface area contributed by atoms with Crippen LogP contribution in [-0.2, 0) is 5.41 Å². The Hall–Kier alpha value is -7.40. The highest BCUT2D eigenvalue weighted by Crippen LogP contribution is 2.64. The SMILES string of the molecule is c1ccc(N(c2ccc(-c3ccc4sc5ccccc5c4c3)cc2)c2ccc3c(c2)Oc2cc4c(cc2O3)-c2ccccc2C42c3ccccc3-c3ccccc32)cc1. The van der Waals surface area contributed by atoms with Crippen LogP contribution < -0.4 is 14.4 Å². The van der Waals surface area contributed by atoms with Crippen molar-refractivity contribution in [2.75, 3.05) is 4.90 Å². The molecule has 0 fully saturated rings. The average molecular weight is 772 g/mol. The minimum atomic E-state index is -0.459. The highest BCUT2D eigenvalue weighted by Gasteiger charge is 2.52. The first-order chi connectivity index (χ1) is 29.2. The van der Waals surface area contributed by atoms with E-state index in [2.05, 4.69) is 199 Å². The lowest BCUT2D eigenvalue weighted by atomic mass is 9.70. The Kier molecular flexibility index (Phi) is 6.81. The topological polar surface area (TPSA) is 21.7 Å². The van der Waals surface area contributed by atoms with Crippen molar-refractivity contribution in [3.05, 3.63) is 222 Å². The molecule has 0 bridgehead atoms. The molecule has 0 amide bonds. The summed E-state index contributed by atoms with van der Waals surface area (Å²) in [5.41, 5.74) is 15.1. The van der Waals surface area contributed by atoms with Gasteiger partial charge in [-0.3, -0.25) is 0 Å². The molecule has 10 aromatic rings. The molecule has 0 saturated heterocycles. The Balaban J connectivity index is 0.899. The van der Waals surface area contributed by atoms with E-state index in [1.807, 2.05) is 17.4 Å². The molecule has 0 saturated carbocycles. The maximum atomic E-state index is 6.93. The van der Waals surface area contributed by atoms with Gasteiger partial charge in [0.05, 0.1) is 11.1 Å². The van der Waals surface area contributed by atoms with Gasteiger partial charge in [0.1, 0.15) is 0 Å². The van der Waals surface area contributed by atoms with E-state index in [4.69, 9.17) is 9.47 Å². The van der Waals surface area contributed by atoms with Crippen molar-refractivity contribution in [2.24, 2.45) is 0 Å². The number of nitrogens with zero attached hydrogens (tertiary/aromatic N) is 1. The third kappa shape index (κ3) is 4.63. The fourth-order valence-corrected chi connectivity index (χ4v) is 11.1. The van der Waals surface area contributed by atoms with Crippen molar-refractivity contribution in [1.82, 2.24) is 0 Å². The molecule has 2 heterocycles. The van der Waals surface area contributed by atoms with Crippen molar-refractivity contribution in [1.29, 1.82) is 0 Å². The van der Waals surface area contributed by atoms with Crippen LogP contribution in [0.3, 0.4) is 0 Å². The molecule has 0 N–H and O–H groups in total. The van der Waals surface area contributed by atoms with E-state index in [0.717, 1.165) is 22.8 Å². The van der Waals surface area contributed by atoms with E-state index < -0.39 is 5.41 Å². The lowest BCUT2D eigenvalue weighted by Gasteiger charge is -2.31. The van der Waals surface area contributed by atoms with E-state index in [-0.39, 0.29) is 0 Å². The highest BCUT2D eigenvalue weighted by molar-refractivity contribution is 7.25. The number of rotatable bonds is 4. The maximum Gasteiger partial charge on any atom is 0.172 e. The summed E-state index contributed by atoms with van der Waals surface area (Å²) < 4.78 is 16.3. The van der Waals surface area contributed by atoms with Crippen molar-refractivity contribution in [3.8, 4) is 56.4 Å². The van der Waals surface area contributed by atoms with Gasteiger partial charge in [0.25, 0.3) is 0 Å². The van der Waals surface area contributed by atoms with Crippen LogP contribution >= 0.6 is 11.3 Å². The molecule has 0 atom stereocenters. The van der Waals surface area contributed by atoms with Crippen LogP contribution in [0.5, 0.6) is 23.0 Å². The first kappa shape index (κ1) is 32.7. The zero-order chi connectivity index (χ0) is 38.7. The van der Waals surface area contributed by atoms with E-state index in [9.17, 15) is 0 Å². The summed E-state index contributed by atoms with van der Waals surface area (Å²) in [5.74, 6) is 2.81. The van der Waals surface area contributed by atoms with Crippen molar-refractivity contribution >= 4 is 48.6 Å². The van der Waals surface area contributed by atoms with Crippen LogP contribution in [0, 0.1) is 0 Å². The number of benzene rings is 9. The number of fused-ring (bicyclic) bond motifs is 15. The van der Waals surface area contributed by atoms with Crippen molar-refractivity contribution in [3.63, 3.8) is 0 Å². The summed E-state index contributed by atoms with van der Waals surface area (Å²) in [5, 5.41) is 2.61. The molecule has 1 aliphatic heterocycles. The van der Waals surface area contributed by atoms with Crippen LogP contribution in [0.4, 0.5) is 17.1 Å². The second-order valence-electron chi connectivity index (χ2n) is 15.6. The number of anilines is 3. The van der Waals surface area contributed by atoms with Gasteiger partial charge in [-0.2, -0.15) is 0 Å². The van der Waals surface area contributed by atoms with Gasteiger partial charge in [-0.1, -0.05) is 127 Å². The van der Waals surface area contributed by atoms with Gasteiger partial charge < -0.3 is 14.4 Å². The predicted molar refractivity (Wildman–Crippen MR) is 242 cm³/mol. The van der Waals surface area contributed by atoms with E-state index in [1.54, 1.807) is 0 Å². The quantitative estimate of drug-likeness (QED) is 0.178. The number of hydrogen-bond donors (Lipinski definition) is 0. The van der Waals surface area contributed by atoms with Gasteiger partial charge in [0, 0.05) is 37.6 Å². The molecule has 1 aromatic heterocycles. The summed E-state index contributed by atoms with van der Waals surface area (Å²) in [6, 6.07) is 72.2. The Morgan fingerprint density at radius 2 is 0.881 bits per heavy atom. The standard InChI is InChI=1S/C55H33NO2S/c1-2-12-36(13-3-1)56(37-25-22-34(23-26-37)35-24-29-54-44(30-35)42-17-7-11-21-53(42)59-54)38-27-28-49-50(31-38)58-52-33-48-43(32-51(52)57-49)41-16-6-10-20-47(41)55(48)45-18-8-4-14-39(45)40-15-5-9-19-46(40)55/h1-33H. The van der Waals surface area contributed by atoms with E-state index in [1.165, 1.54) is 75.8 Å². The molecular weight excluding hydrogens is 739 g/mol. The number of ether oxygens (including phenoxy) is 2. The molecule has 0 radical (unpaired) electrons. The summed E-state index contributed by atoms with van der Waals surface area (Å²) >= 11 is 1.85. The first-order valence-corrected chi connectivity index (χ1v) is 20.9. The van der Waals surface area contributed by atoms with E-state index in [0.29, 0.717) is 17.2 Å². The third-order valence-electron chi connectivity index (χ3n) is 12.5. The summed E-state index contributed by atoms with van der Waals surface area (Å²) in [7, 11) is 0. The zero-order valence-electron chi connectivity index (χ0n) is 31.7. The van der Waals surface area contributed by atoms with Gasteiger partial charge in [0.15, 0.2) is 23.0 Å². The molecule has 276 valence electrons. The smallest absolute Gasteiger partial charge is 0.172 e. The van der Waals surface area contributed by atoms with Crippen LogP contribution in [0.15, 0.2) is 200 Å². The second-order valence-corrected chi connectivity index (χ2v) is 16.7. The number of para-hydroxylation sites is 1. The van der Waals surface area contributed by atoms with Crippen LogP contribution in [0.1, 0.15) is 22.3 Å². The monoisotopic (exact) mass is 771 g/mol. The Morgan fingerprint density at radius 3 is 1.63 bits per heavy atom. The molecule has 2 aliphatic carbocycles. The van der Waals surface area contributed by atoms with Crippen LogP contribution in [-0.4, -0.2) is 0 Å². The maximum absolute atomic E-state index is 6.93. The fraction of sp³-hybridized carbons (Fsp3) is 0.0182. The van der Waals surface area contributed by atoms with Gasteiger partial charge in [0.2, 0.25) is 0 Å². The van der Waals surface area contributed by atoms with Crippen molar-refractivity contribution < 1.29 is 9.47 Å². The largest absolute Gasteiger partial charge is 0.449 e. The molecule has 13 rings (SSSR count). The zero-order valence-corrected chi connectivity index (χ0v) is 32.5. The Labute approximate surface area is 345 Å². The summed E-state index contributed by atoms with van der Waals surface area (Å²) in [4.78, 5) is 2.28. The minimum absolute atomic E-state index is 0.459. The number of hydrogen-bond acceptors (Lipinski definition) is 4. The lowest BCUT2D eigenvalue weighted by molar-refractivity contribution is 0.359. The molecule has 59 heavy (non-hydrogen) atoms. The normalized spacial score (nSPS) is 13.5. The van der Waals surface area contributed by atoms with E-state index >= 15 is 0 Å². The van der Waals surface area contributed by atoms with Gasteiger partial charge in [-0.15, -0.1) is 11.3 Å². The third-order valence-corrected chi connectivity index (χ3v) is 13.7. The minimum Gasteiger partial charge on any atom is -0.449 e. The summed E-state index contributed by atoms with van der Waals surface area (Å²) in [6.45, 7) is 0. The molecule has 0 unspecified atom stereocenters.